The third-order valence-electron chi connectivity index (χ3n) is 4.01. The maximum absolute atomic E-state index is 11.5. The number of anilines is 2. The van der Waals surface area contributed by atoms with Crippen LogP contribution in [0.3, 0.4) is 0 Å². The third-order valence-corrected chi connectivity index (χ3v) is 4.39. The summed E-state index contributed by atoms with van der Waals surface area (Å²) in [5.74, 6) is -0.552. The molecule has 2 N–H and O–H groups in total. The van der Waals surface area contributed by atoms with E-state index >= 15 is 0 Å². The number of carboxylic acids is 1. The van der Waals surface area contributed by atoms with Gasteiger partial charge in [0.15, 0.2) is 0 Å². The second kappa shape index (κ2) is 6.59. The first-order valence-corrected chi connectivity index (χ1v) is 7.66. The lowest BCUT2D eigenvalue weighted by atomic mass is 10.1. The van der Waals surface area contributed by atoms with Crippen molar-refractivity contribution < 1.29 is 19.4 Å². The van der Waals surface area contributed by atoms with Crippen LogP contribution in [0, 0.1) is 0 Å². The van der Waals surface area contributed by atoms with E-state index in [4.69, 9.17) is 21.3 Å². The number of methoxy groups -OCH3 is 2. The van der Waals surface area contributed by atoms with E-state index in [-0.39, 0.29) is 5.56 Å². The smallest absolute Gasteiger partial charge is 0.337 e. The SMILES string of the molecule is COc1ccc(C(=O)O)c2c1N(Cl)C(C(OC)c1ccccc1)N2. The molecule has 0 saturated heterocycles. The summed E-state index contributed by atoms with van der Waals surface area (Å²) in [6, 6.07) is 12.7. The van der Waals surface area contributed by atoms with Gasteiger partial charge in [0, 0.05) is 18.9 Å². The monoisotopic (exact) mass is 348 g/mol. The fraction of sp³-hybridized carbons (Fsp3) is 0.235. The lowest BCUT2D eigenvalue weighted by Crippen LogP contribution is -2.36. The molecule has 0 bridgehead atoms. The van der Waals surface area contributed by atoms with Crippen LogP contribution < -0.4 is 14.5 Å². The average Bonchev–Trinajstić information content (AvgIpc) is 2.93. The van der Waals surface area contributed by atoms with Gasteiger partial charge in [0.25, 0.3) is 0 Å². The third kappa shape index (κ3) is 2.64. The zero-order valence-corrected chi connectivity index (χ0v) is 13.9. The first kappa shape index (κ1) is 16.4. The van der Waals surface area contributed by atoms with Crippen molar-refractivity contribution in [2.75, 3.05) is 24.0 Å². The van der Waals surface area contributed by atoms with Crippen molar-refractivity contribution in [2.45, 2.75) is 12.3 Å². The van der Waals surface area contributed by atoms with Crippen LogP contribution in [0.15, 0.2) is 42.5 Å². The Labute approximate surface area is 144 Å². The van der Waals surface area contributed by atoms with Gasteiger partial charge in [-0.3, -0.25) is 4.42 Å². The van der Waals surface area contributed by atoms with Gasteiger partial charge in [-0.1, -0.05) is 30.3 Å². The summed E-state index contributed by atoms with van der Waals surface area (Å²) in [5.41, 5.74) is 1.95. The number of rotatable bonds is 5. The highest BCUT2D eigenvalue weighted by atomic mass is 35.5. The molecule has 0 aromatic heterocycles. The van der Waals surface area contributed by atoms with Crippen LogP contribution in [0.1, 0.15) is 22.0 Å². The van der Waals surface area contributed by atoms with Crippen molar-refractivity contribution >= 4 is 29.1 Å². The molecule has 2 aromatic rings. The molecule has 3 rings (SSSR count). The van der Waals surface area contributed by atoms with E-state index in [1.54, 1.807) is 13.2 Å². The van der Waals surface area contributed by atoms with Crippen LogP contribution in [0.5, 0.6) is 5.75 Å². The molecule has 7 heteroatoms. The van der Waals surface area contributed by atoms with Crippen molar-refractivity contribution in [1.82, 2.24) is 0 Å². The van der Waals surface area contributed by atoms with E-state index in [2.05, 4.69) is 5.32 Å². The highest BCUT2D eigenvalue weighted by molar-refractivity contribution is 6.29. The van der Waals surface area contributed by atoms with Crippen molar-refractivity contribution in [3.8, 4) is 5.75 Å². The number of fused-ring (bicyclic) bond motifs is 1. The lowest BCUT2D eigenvalue weighted by molar-refractivity contribution is 0.0697. The number of carboxylic acid groups (broad SMARTS) is 1. The Balaban J connectivity index is 2.05. The van der Waals surface area contributed by atoms with Gasteiger partial charge < -0.3 is 19.9 Å². The second-order valence-corrected chi connectivity index (χ2v) is 5.68. The first-order valence-electron chi connectivity index (χ1n) is 7.32. The molecule has 2 aromatic carbocycles. The van der Waals surface area contributed by atoms with Gasteiger partial charge in [0.1, 0.15) is 23.7 Å². The number of carbonyl (C=O) groups is 1. The van der Waals surface area contributed by atoms with Crippen molar-refractivity contribution in [1.29, 1.82) is 0 Å². The summed E-state index contributed by atoms with van der Waals surface area (Å²) in [4.78, 5) is 11.5. The molecule has 0 aliphatic carbocycles. The fourth-order valence-electron chi connectivity index (χ4n) is 2.90. The summed E-state index contributed by atoms with van der Waals surface area (Å²) in [7, 11) is 3.10. The molecule has 2 unspecified atom stereocenters. The van der Waals surface area contributed by atoms with Gasteiger partial charge >= 0.3 is 5.97 Å². The Bertz CT molecular complexity index is 754. The van der Waals surface area contributed by atoms with Crippen LogP contribution in [0.25, 0.3) is 0 Å². The minimum Gasteiger partial charge on any atom is -0.494 e. The van der Waals surface area contributed by atoms with Crippen LogP contribution in [0.2, 0.25) is 0 Å². The molecule has 24 heavy (non-hydrogen) atoms. The summed E-state index contributed by atoms with van der Waals surface area (Å²) in [5, 5.41) is 12.6. The van der Waals surface area contributed by atoms with Crippen molar-refractivity contribution in [3.05, 3.63) is 53.6 Å². The predicted octanol–water partition coefficient (Wildman–Crippen LogP) is 3.49. The highest BCUT2D eigenvalue weighted by Crippen LogP contribution is 2.48. The van der Waals surface area contributed by atoms with Crippen molar-refractivity contribution in [3.63, 3.8) is 0 Å². The van der Waals surface area contributed by atoms with E-state index in [0.29, 0.717) is 17.1 Å². The van der Waals surface area contributed by atoms with E-state index in [1.807, 2.05) is 30.3 Å². The number of hydrogen-bond donors (Lipinski definition) is 2. The van der Waals surface area contributed by atoms with E-state index in [1.165, 1.54) is 17.6 Å². The number of ether oxygens (including phenoxy) is 2. The van der Waals surface area contributed by atoms with Gasteiger partial charge in [-0.25, -0.2) is 4.79 Å². The zero-order chi connectivity index (χ0) is 17.3. The largest absolute Gasteiger partial charge is 0.494 e. The molecular weight excluding hydrogens is 332 g/mol. The van der Waals surface area contributed by atoms with Gasteiger partial charge in [-0.05, 0) is 17.7 Å². The number of nitrogens with one attached hydrogen (secondary N) is 1. The van der Waals surface area contributed by atoms with E-state index in [0.717, 1.165) is 5.56 Å². The minimum atomic E-state index is -1.04. The van der Waals surface area contributed by atoms with Crippen molar-refractivity contribution in [2.24, 2.45) is 0 Å². The van der Waals surface area contributed by atoms with Gasteiger partial charge in [-0.2, -0.15) is 0 Å². The molecule has 1 aliphatic heterocycles. The molecule has 0 saturated carbocycles. The predicted molar refractivity (Wildman–Crippen MR) is 91.9 cm³/mol. The van der Waals surface area contributed by atoms with Gasteiger partial charge in [0.05, 0.1) is 18.4 Å². The maximum Gasteiger partial charge on any atom is 0.337 e. The van der Waals surface area contributed by atoms with Gasteiger partial charge in [-0.15, -0.1) is 0 Å². The maximum atomic E-state index is 11.5. The number of aromatic carboxylic acids is 1. The normalized spacial score (nSPS) is 17.1. The van der Waals surface area contributed by atoms with Crippen LogP contribution in [-0.4, -0.2) is 31.5 Å². The van der Waals surface area contributed by atoms with E-state index in [9.17, 15) is 9.90 Å². The lowest BCUT2D eigenvalue weighted by Gasteiger charge is -2.27. The summed E-state index contributed by atoms with van der Waals surface area (Å²) >= 11 is 6.51. The molecule has 1 heterocycles. The number of benzene rings is 2. The molecule has 1 aliphatic rings. The molecule has 6 nitrogen and oxygen atoms in total. The molecule has 126 valence electrons. The number of nitrogens with zero attached hydrogens (tertiary/aromatic N) is 1. The Morgan fingerprint density at radius 2 is 1.96 bits per heavy atom. The molecular formula is C17H17ClN2O4. The Hall–Kier alpha value is -2.44. The summed E-state index contributed by atoms with van der Waals surface area (Å²) in [6.07, 6.45) is -0.883. The molecule has 0 fully saturated rings. The second-order valence-electron chi connectivity index (χ2n) is 5.31. The summed E-state index contributed by atoms with van der Waals surface area (Å²) in [6.45, 7) is 0. The Morgan fingerprint density at radius 3 is 2.54 bits per heavy atom. The average molecular weight is 349 g/mol. The zero-order valence-electron chi connectivity index (χ0n) is 13.2. The number of halogens is 1. The highest BCUT2D eigenvalue weighted by Gasteiger charge is 2.39. The quantitative estimate of drug-likeness (QED) is 0.806. The topological polar surface area (TPSA) is 71.0 Å². The Kier molecular flexibility index (Phi) is 4.51. The van der Waals surface area contributed by atoms with Gasteiger partial charge in [0.2, 0.25) is 0 Å². The summed E-state index contributed by atoms with van der Waals surface area (Å²) < 4.78 is 12.4. The van der Waals surface area contributed by atoms with E-state index < -0.39 is 18.2 Å². The van der Waals surface area contributed by atoms with Crippen LogP contribution in [0.4, 0.5) is 11.4 Å². The number of hydrogen-bond acceptors (Lipinski definition) is 5. The molecule has 0 spiro atoms. The Morgan fingerprint density at radius 1 is 1.25 bits per heavy atom. The molecule has 0 radical (unpaired) electrons. The fourth-order valence-corrected chi connectivity index (χ4v) is 3.22. The van der Waals surface area contributed by atoms with Crippen LogP contribution in [-0.2, 0) is 4.74 Å². The first-order chi connectivity index (χ1) is 11.6. The molecule has 0 amide bonds. The van der Waals surface area contributed by atoms with Crippen LogP contribution >= 0.6 is 11.8 Å². The molecule has 2 atom stereocenters. The standard InChI is InChI=1S/C17H17ClN2O4/c1-23-12-9-8-11(17(21)22)13-14(12)20(18)16(19-13)15(24-2)10-6-4-3-5-7-10/h3-9,15-16,19H,1-2H3,(H,21,22). The minimum absolute atomic E-state index is 0.127.